The van der Waals surface area contributed by atoms with E-state index in [0.29, 0.717) is 18.9 Å². The van der Waals surface area contributed by atoms with E-state index in [-0.39, 0.29) is 29.7 Å². The normalized spacial score (nSPS) is 22.2. The van der Waals surface area contributed by atoms with Gasteiger partial charge in [-0.25, -0.2) is 35.1 Å². The Bertz CT molecular complexity index is 1200. The topological polar surface area (TPSA) is 66.5 Å². The summed E-state index contributed by atoms with van der Waals surface area (Å²) in [6, 6.07) is 3.20. The third-order valence-electron chi connectivity index (χ3n) is 6.58. The highest BCUT2D eigenvalue weighted by Gasteiger charge is 2.61. The van der Waals surface area contributed by atoms with Crippen LogP contribution in [0.2, 0.25) is 0 Å². The van der Waals surface area contributed by atoms with E-state index in [4.69, 9.17) is 0 Å². The van der Waals surface area contributed by atoms with Crippen molar-refractivity contribution in [1.29, 1.82) is 0 Å². The van der Waals surface area contributed by atoms with Gasteiger partial charge in [-0.15, -0.1) is 0 Å². The monoisotopic (exact) mass is 502 g/mol. The first-order valence-corrected chi connectivity index (χ1v) is 12.4. The zero-order chi connectivity index (χ0) is 24.8. The van der Waals surface area contributed by atoms with Crippen molar-refractivity contribution >= 4 is 15.9 Å². The van der Waals surface area contributed by atoms with Crippen LogP contribution in [0, 0.1) is 22.9 Å². The summed E-state index contributed by atoms with van der Waals surface area (Å²) in [7, 11) is -4.32. The molecule has 34 heavy (non-hydrogen) atoms. The van der Waals surface area contributed by atoms with E-state index < -0.39 is 63.1 Å². The van der Waals surface area contributed by atoms with Gasteiger partial charge in [0.1, 0.15) is 17.5 Å². The van der Waals surface area contributed by atoms with Gasteiger partial charge in [-0.2, -0.15) is 0 Å². The van der Waals surface area contributed by atoms with Gasteiger partial charge in [0.2, 0.25) is 16.0 Å². The highest BCUT2D eigenvalue weighted by atomic mass is 32.2. The fraction of sp³-hybridized carbons (Fsp3) is 0.435. The third kappa shape index (κ3) is 4.68. The number of carbonyl (C=O) groups is 1. The maximum absolute atomic E-state index is 15.5. The minimum Gasteiger partial charge on any atom is -0.335 e. The van der Waals surface area contributed by atoms with Crippen LogP contribution in [0.4, 0.5) is 22.0 Å². The van der Waals surface area contributed by atoms with Crippen LogP contribution < -0.4 is 4.72 Å². The molecule has 11 heteroatoms. The Balaban J connectivity index is 1.74. The minimum atomic E-state index is -4.32. The average Bonchev–Trinajstić information content (AvgIpc) is 3.49. The summed E-state index contributed by atoms with van der Waals surface area (Å²) in [5.74, 6) is -3.46. The van der Waals surface area contributed by atoms with Gasteiger partial charge in [-0.3, -0.25) is 4.79 Å². The molecule has 1 aliphatic carbocycles. The number of halogens is 5. The molecule has 1 N–H and O–H groups in total. The standard InChI is InChI=1S/C23H23F5N2O3S/c1-13(25)22(31)30-11-23(5-6-23)21(29-34(32,33)12-24)19(30)9-14-3-2-4-18(20(14)28)15-7-16(26)10-17(27)8-15/h2-4,7-8,10,13,19,21,29H,5-6,9,11-12H2,1H3/t13-,19+,21-/m1/s1. The molecule has 4 rings (SSSR count). The van der Waals surface area contributed by atoms with Gasteiger partial charge >= 0.3 is 0 Å². The molecule has 0 bridgehead atoms. The smallest absolute Gasteiger partial charge is 0.257 e. The summed E-state index contributed by atoms with van der Waals surface area (Å²) in [5.41, 5.74) is -0.773. The molecule has 0 aromatic heterocycles. The van der Waals surface area contributed by atoms with Crippen molar-refractivity contribution in [1.82, 2.24) is 9.62 Å². The van der Waals surface area contributed by atoms with E-state index in [1.165, 1.54) is 23.1 Å². The van der Waals surface area contributed by atoms with Gasteiger partial charge in [-0.05, 0) is 49.4 Å². The van der Waals surface area contributed by atoms with Gasteiger partial charge in [0, 0.05) is 29.6 Å². The van der Waals surface area contributed by atoms with Gasteiger partial charge in [-0.1, -0.05) is 18.2 Å². The molecule has 1 saturated carbocycles. The molecule has 2 aromatic carbocycles. The number of benzene rings is 2. The lowest BCUT2D eigenvalue weighted by atomic mass is 9.91. The van der Waals surface area contributed by atoms with Crippen LogP contribution in [0.15, 0.2) is 36.4 Å². The lowest BCUT2D eigenvalue weighted by Gasteiger charge is -2.30. The zero-order valence-corrected chi connectivity index (χ0v) is 19.0. The number of hydrogen-bond acceptors (Lipinski definition) is 3. The Morgan fingerprint density at radius 1 is 1.18 bits per heavy atom. The predicted octanol–water partition coefficient (Wildman–Crippen LogP) is 3.88. The first-order valence-electron chi connectivity index (χ1n) is 10.7. The van der Waals surface area contributed by atoms with E-state index in [1.807, 2.05) is 0 Å². The molecule has 2 fully saturated rings. The highest BCUT2D eigenvalue weighted by molar-refractivity contribution is 7.89. The molecule has 0 radical (unpaired) electrons. The lowest BCUT2D eigenvalue weighted by Crippen LogP contribution is -2.51. The summed E-state index contributed by atoms with van der Waals surface area (Å²) in [6.07, 6.45) is -1.00. The second kappa shape index (κ2) is 8.92. The molecule has 1 saturated heterocycles. The van der Waals surface area contributed by atoms with E-state index in [9.17, 15) is 30.8 Å². The molecular weight excluding hydrogens is 479 g/mol. The number of rotatable bonds is 7. The predicted molar refractivity (Wildman–Crippen MR) is 115 cm³/mol. The molecule has 1 aliphatic heterocycles. The van der Waals surface area contributed by atoms with E-state index >= 15 is 4.39 Å². The molecule has 1 heterocycles. The fourth-order valence-electron chi connectivity index (χ4n) is 4.79. The maximum atomic E-state index is 15.5. The van der Waals surface area contributed by atoms with Crippen LogP contribution in [0.5, 0.6) is 0 Å². The van der Waals surface area contributed by atoms with Gasteiger partial charge in [0.05, 0.1) is 6.04 Å². The Labute approximate surface area is 194 Å². The van der Waals surface area contributed by atoms with Crippen molar-refractivity contribution in [2.24, 2.45) is 5.41 Å². The average molecular weight is 503 g/mol. The third-order valence-corrected chi connectivity index (χ3v) is 7.48. The molecule has 184 valence electrons. The molecule has 1 spiro atoms. The Kier molecular flexibility index (Phi) is 6.45. The summed E-state index contributed by atoms with van der Waals surface area (Å²) in [6.45, 7) is 1.11. The molecule has 5 nitrogen and oxygen atoms in total. The van der Waals surface area contributed by atoms with Crippen LogP contribution in [0.1, 0.15) is 25.3 Å². The number of alkyl halides is 2. The Morgan fingerprint density at radius 2 is 1.82 bits per heavy atom. The quantitative estimate of drug-likeness (QED) is 0.585. The second-order valence-electron chi connectivity index (χ2n) is 8.97. The summed E-state index contributed by atoms with van der Waals surface area (Å²) in [5, 5.41) is 0. The van der Waals surface area contributed by atoms with Crippen LogP contribution >= 0.6 is 0 Å². The molecule has 0 unspecified atom stereocenters. The number of nitrogens with one attached hydrogen (secondary N) is 1. The van der Waals surface area contributed by atoms with Crippen molar-refractivity contribution in [3.8, 4) is 11.1 Å². The SMILES string of the molecule is C[C@@H](F)C(=O)N1CC2(CC2)[C@H](NS(=O)(=O)CF)[C@@H]1Cc1cccc(-c2cc(F)cc(F)c2)c1F. The number of carbonyl (C=O) groups excluding carboxylic acids is 1. The summed E-state index contributed by atoms with van der Waals surface area (Å²) >= 11 is 0. The summed E-state index contributed by atoms with van der Waals surface area (Å²) in [4.78, 5) is 13.8. The van der Waals surface area contributed by atoms with Crippen molar-refractivity contribution in [3.05, 3.63) is 59.4 Å². The van der Waals surface area contributed by atoms with Crippen LogP contribution in [-0.2, 0) is 21.2 Å². The molecule has 1 amide bonds. The number of likely N-dealkylation sites (tertiary alicyclic amines) is 1. The Morgan fingerprint density at radius 3 is 2.38 bits per heavy atom. The largest absolute Gasteiger partial charge is 0.335 e. The number of nitrogens with zero attached hydrogens (tertiary/aromatic N) is 1. The van der Waals surface area contributed by atoms with Crippen molar-refractivity contribution < 1.29 is 35.2 Å². The maximum Gasteiger partial charge on any atom is 0.257 e. The van der Waals surface area contributed by atoms with Crippen LogP contribution in [0.25, 0.3) is 11.1 Å². The van der Waals surface area contributed by atoms with E-state index in [2.05, 4.69) is 4.72 Å². The molecular formula is C23H23F5N2O3S. The minimum absolute atomic E-state index is 0.0399. The fourth-order valence-corrected chi connectivity index (χ4v) is 5.65. The number of amides is 1. The first kappa shape index (κ1) is 24.6. The molecule has 2 aliphatic rings. The summed E-state index contributed by atoms with van der Waals surface area (Å²) < 4.78 is 96.3. The van der Waals surface area contributed by atoms with Gasteiger partial charge in [0.25, 0.3) is 5.91 Å². The van der Waals surface area contributed by atoms with Gasteiger partial charge < -0.3 is 4.90 Å². The lowest BCUT2D eigenvalue weighted by molar-refractivity contribution is -0.137. The van der Waals surface area contributed by atoms with Crippen molar-refractivity contribution in [2.75, 3.05) is 12.6 Å². The first-order chi connectivity index (χ1) is 16.0. The molecule has 2 aromatic rings. The zero-order valence-electron chi connectivity index (χ0n) is 18.2. The van der Waals surface area contributed by atoms with Crippen LogP contribution in [-0.4, -0.2) is 50.0 Å². The number of sulfonamides is 1. The van der Waals surface area contributed by atoms with Crippen molar-refractivity contribution in [3.63, 3.8) is 0 Å². The Hall–Kier alpha value is -2.53. The van der Waals surface area contributed by atoms with Gasteiger partial charge in [0.15, 0.2) is 6.17 Å². The highest BCUT2D eigenvalue weighted by Crippen LogP contribution is 2.55. The van der Waals surface area contributed by atoms with E-state index in [0.717, 1.165) is 19.1 Å². The second-order valence-corrected chi connectivity index (χ2v) is 10.7. The molecule has 3 atom stereocenters. The van der Waals surface area contributed by atoms with Crippen molar-refractivity contribution in [2.45, 2.75) is 44.4 Å². The number of hydrogen-bond donors (Lipinski definition) is 1. The van der Waals surface area contributed by atoms with Crippen LogP contribution in [0.3, 0.4) is 0 Å². The van der Waals surface area contributed by atoms with E-state index in [1.54, 1.807) is 0 Å².